The number of carbonyl (C=O) groups is 1. The molecule has 1 heterocycles. The highest BCUT2D eigenvalue weighted by Gasteiger charge is 2.13. The number of methoxy groups -OCH3 is 1. The minimum absolute atomic E-state index is 0.0681. The molecule has 0 aliphatic rings. The van der Waals surface area contributed by atoms with Gasteiger partial charge in [0.1, 0.15) is 0 Å². The topological polar surface area (TPSA) is 39.2 Å². The summed E-state index contributed by atoms with van der Waals surface area (Å²) in [6, 6.07) is 9.49. The van der Waals surface area contributed by atoms with Crippen molar-refractivity contribution in [3.63, 3.8) is 0 Å². The second-order valence-corrected chi connectivity index (χ2v) is 4.05. The van der Waals surface area contributed by atoms with Gasteiger partial charge in [0, 0.05) is 30.7 Å². The molecule has 0 fully saturated rings. The monoisotopic (exact) mass is 229 g/mol. The molecule has 0 radical (unpaired) electrons. The summed E-state index contributed by atoms with van der Waals surface area (Å²) in [6.07, 6.45) is 2.02. The van der Waals surface area contributed by atoms with Gasteiger partial charge in [0.2, 0.25) is 0 Å². The van der Waals surface area contributed by atoms with Gasteiger partial charge >= 0.3 is 0 Å². The molecule has 2 aromatic rings. The van der Waals surface area contributed by atoms with Gasteiger partial charge in [-0.3, -0.25) is 9.78 Å². The maximum absolute atomic E-state index is 12.1. The molecule has 0 aliphatic heterocycles. The van der Waals surface area contributed by atoms with E-state index in [0.717, 1.165) is 10.9 Å². The van der Waals surface area contributed by atoms with Crippen LogP contribution in [0.5, 0.6) is 0 Å². The van der Waals surface area contributed by atoms with E-state index in [-0.39, 0.29) is 11.9 Å². The Kier molecular flexibility index (Phi) is 3.49. The van der Waals surface area contributed by atoms with Crippen molar-refractivity contribution in [2.75, 3.05) is 7.11 Å². The van der Waals surface area contributed by atoms with Crippen LogP contribution < -0.4 is 0 Å². The van der Waals surface area contributed by atoms with Gasteiger partial charge in [0.15, 0.2) is 5.78 Å². The van der Waals surface area contributed by atoms with Gasteiger partial charge in [-0.2, -0.15) is 0 Å². The van der Waals surface area contributed by atoms with Gasteiger partial charge in [-0.25, -0.2) is 0 Å². The highest BCUT2D eigenvalue weighted by molar-refractivity contribution is 6.06. The summed E-state index contributed by atoms with van der Waals surface area (Å²) in [4.78, 5) is 16.4. The van der Waals surface area contributed by atoms with Crippen LogP contribution in [0.3, 0.4) is 0 Å². The fraction of sp³-hybridized carbons (Fsp3) is 0.286. The number of benzene rings is 1. The molecule has 0 spiro atoms. The first-order chi connectivity index (χ1) is 8.22. The zero-order valence-electron chi connectivity index (χ0n) is 10.0. The summed E-state index contributed by atoms with van der Waals surface area (Å²) >= 11 is 0. The molecule has 3 nitrogen and oxygen atoms in total. The Morgan fingerprint density at radius 1 is 1.35 bits per heavy atom. The van der Waals surface area contributed by atoms with Crippen LogP contribution in [-0.2, 0) is 4.74 Å². The lowest BCUT2D eigenvalue weighted by Gasteiger charge is -2.09. The minimum atomic E-state index is -0.0681. The molecule has 17 heavy (non-hydrogen) atoms. The number of pyridine rings is 1. The maximum atomic E-state index is 12.1. The second kappa shape index (κ2) is 5.06. The van der Waals surface area contributed by atoms with Crippen molar-refractivity contribution in [2.45, 2.75) is 19.4 Å². The van der Waals surface area contributed by atoms with Crippen molar-refractivity contribution in [2.24, 2.45) is 0 Å². The smallest absolute Gasteiger partial charge is 0.167 e. The zero-order valence-corrected chi connectivity index (χ0v) is 10.0. The Balaban J connectivity index is 2.38. The summed E-state index contributed by atoms with van der Waals surface area (Å²) in [5.41, 5.74) is 1.44. The van der Waals surface area contributed by atoms with Crippen molar-refractivity contribution in [3.8, 4) is 0 Å². The first kappa shape index (κ1) is 11.7. The fourth-order valence-electron chi connectivity index (χ4n) is 1.78. The quantitative estimate of drug-likeness (QED) is 0.757. The molecule has 1 atom stereocenters. The molecule has 0 saturated carbocycles. The van der Waals surface area contributed by atoms with Crippen molar-refractivity contribution >= 4 is 16.7 Å². The highest BCUT2D eigenvalue weighted by Crippen LogP contribution is 2.18. The number of hydrogen-bond donors (Lipinski definition) is 0. The van der Waals surface area contributed by atoms with Crippen LogP contribution in [0.4, 0.5) is 0 Å². The number of ketones is 1. The Morgan fingerprint density at radius 3 is 2.88 bits per heavy atom. The second-order valence-electron chi connectivity index (χ2n) is 4.05. The van der Waals surface area contributed by atoms with Crippen LogP contribution in [0.25, 0.3) is 10.9 Å². The van der Waals surface area contributed by atoms with Crippen molar-refractivity contribution in [1.29, 1.82) is 0 Å². The molecule has 0 bridgehead atoms. The molecular formula is C14H15NO2. The van der Waals surface area contributed by atoms with Crippen molar-refractivity contribution in [3.05, 3.63) is 42.1 Å². The Hall–Kier alpha value is -1.74. The predicted octanol–water partition coefficient (Wildman–Crippen LogP) is 2.84. The van der Waals surface area contributed by atoms with Crippen LogP contribution in [0, 0.1) is 0 Å². The third kappa shape index (κ3) is 2.50. The molecule has 1 unspecified atom stereocenters. The summed E-state index contributed by atoms with van der Waals surface area (Å²) in [5.74, 6) is 0.0728. The molecule has 0 aliphatic carbocycles. The lowest BCUT2D eigenvalue weighted by molar-refractivity contribution is 0.0793. The van der Waals surface area contributed by atoms with Gasteiger partial charge in [-0.05, 0) is 19.1 Å². The molecule has 1 aromatic carbocycles. The number of hydrogen-bond acceptors (Lipinski definition) is 3. The van der Waals surface area contributed by atoms with Crippen molar-refractivity contribution in [1.82, 2.24) is 4.98 Å². The first-order valence-corrected chi connectivity index (χ1v) is 5.62. The summed E-state index contributed by atoms with van der Waals surface area (Å²) in [5, 5.41) is 0.989. The Morgan fingerprint density at radius 2 is 2.12 bits per heavy atom. The third-order valence-electron chi connectivity index (χ3n) is 2.81. The van der Waals surface area contributed by atoms with Gasteiger partial charge in [-0.1, -0.05) is 18.2 Å². The number of rotatable bonds is 4. The van der Waals surface area contributed by atoms with Crippen LogP contribution in [0.2, 0.25) is 0 Å². The first-order valence-electron chi connectivity index (χ1n) is 5.62. The van der Waals surface area contributed by atoms with Crippen LogP contribution >= 0.6 is 0 Å². The van der Waals surface area contributed by atoms with E-state index in [2.05, 4.69) is 4.98 Å². The number of nitrogens with zero attached hydrogens (tertiary/aromatic N) is 1. The van der Waals surface area contributed by atoms with Crippen LogP contribution in [-0.4, -0.2) is 24.0 Å². The van der Waals surface area contributed by atoms with Crippen LogP contribution in [0.15, 0.2) is 36.5 Å². The largest absolute Gasteiger partial charge is 0.381 e. The van der Waals surface area contributed by atoms with E-state index < -0.39 is 0 Å². The van der Waals surface area contributed by atoms with Gasteiger partial charge in [-0.15, -0.1) is 0 Å². The van der Waals surface area contributed by atoms with Crippen LogP contribution in [0.1, 0.15) is 23.7 Å². The van der Waals surface area contributed by atoms with E-state index in [1.165, 1.54) is 0 Å². The van der Waals surface area contributed by atoms with E-state index in [0.29, 0.717) is 12.0 Å². The number of aromatic nitrogens is 1. The zero-order chi connectivity index (χ0) is 12.3. The summed E-state index contributed by atoms with van der Waals surface area (Å²) in [7, 11) is 1.61. The van der Waals surface area contributed by atoms with E-state index in [1.54, 1.807) is 13.3 Å². The van der Waals surface area contributed by atoms with Gasteiger partial charge in [0.25, 0.3) is 0 Å². The summed E-state index contributed by atoms with van der Waals surface area (Å²) < 4.78 is 5.11. The molecule has 0 amide bonds. The minimum Gasteiger partial charge on any atom is -0.381 e. The third-order valence-corrected chi connectivity index (χ3v) is 2.81. The van der Waals surface area contributed by atoms with Gasteiger partial charge in [0.05, 0.1) is 11.6 Å². The molecule has 0 saturated heterocycles. The molecule has 0 N–H and O–H groups in total. The average molecular weight is 229 g/mol. The average Bonchev–Trinajstić information content (AvgIpc) is 2.37. The van der Waals surface area contributed by atoms with Crippen molar-refractivity contribution < 1.29 is 9.53 Å². The molecule has 88 valence electrons. The Labute approximate surface area is 100 Å². The fourth-order valence-corrected chi connectivity index (χ4v) is 1.78. The number of para-hydroxylation sites is 1. The maximum Gasteiger partial charge on any atom is 0.167 e. The van der Waals surface area contributed by atoms with E-state index in [4.69, 9.17) is 4.74 Å². The predicted molar refractivity (Wildman–Crippen MR) is 67.2 cm³/mol. The number of fused-ring (bicyclic) bond motifs is 1. The van der Waals surface area contributed by atoms with E-state index in [9.17, 15) is 4.79 Å². The Bertz CT molecular complexity index is 531. The molecule has 1 aromatic heterocycles. The molecular weight excluding hydrogens is 214 g/mol. The lowest BCUT2D eigenvalue weighted by atomic mass is 10.0. The molecule has 2 rings (SSSR count). The number of ether oxygens (including phenoxy) is 1. The van der Waals surface area contributed by atoms with E-state index >= 15 is 0 Å². The number of Topliss-reactive ketones (excluding diaryl/α,β-unsaturated/α-hetero) is 1. The number of carbonyl (C=O) groups excluding carboxylic acids is 1. The molecule has 3 heteroatoms. The lowest BCUT2D eigenvalue weighted by Crippen LogP contribution is -2.12. The normalized spacial score (nSPS) is 12.6. The van der Waals surface area contributed by atoms with E-state index in [1.807, 2.05) is 37.3 Å². The summed E-state index contributed by atoms with van der Waals surface area (Å²) in [6.45, 7) is 1.89. The highest BCUT2D eigenvalue weighted by atomic mass is 16.5. The van der Waals surface area contributed by atoms with Gasteiger partial charge < -0.3 is 4.74 Å². The standard InChI is InChI=1S/C14H15NO2/c1-10(17-2)9-13(16)12-7-3-5-11-6-4-8-15-14(11)12/h3-8,10H,9H2,1-2H3. The SMILES string of the molecule is COC(C)CC(=O)c1cccc2cccnc12.